The van der Waals surface area contributed by atoms with Crippen LogP contribution < -0.4 is 14.9 Å². The molecule has 1 amide bonds. The predicted octanol–water partition coefficient (Wildman–Crippen LogP) is 4.43. The fourth-order valence-electron chi connectivity index (χ4n) is 3.97. The molecule has 3 aromatic carbocycles. The summed E-state index contributed by atoms with van der Waals surface area (Å²) in [5.41, 5.74) is 1.28. The van der Waals surface area contributed by atoms with Gasteiger partial charge < -0.3 is 23.7 Å². The van der Waals surface area contributed by atoms with E-state index < -0.39 is 18.3 Å². The van der Waals surface area contributed by atoms with Crippen molar-refractivity contribution in [1.29, 1.82) is 0 Å². The first-order valence-corrected chi connectivity index (χ1v) is 11.4. The van der Waals surface area contributed by atoms with Crippen LogP contribution in [0, 0.1) is 0 Å². The van der Waals surface area contributed by atoms with Gasteiger partial charge in [0.25, 0.3) is 5.91 Å². The Kier molecular flexibility index (Phi) is 6.36. The van der Waals surface area contributed by atoms with Gasteiger partial charge in [0.15, 0.2) is 0 Å². The van der Waals surface area contributed by atoms with Gasteiger partial charge in [0.05, 0.1) is 23.9 Å². The van der Waals surface area contributed by atoms with E-state index in [-0.39, 0.29) is 5.91 Å². The average Bonchev–Trinajstić information content (AvgIpc) is 3.03. The van der Waals surface area contributed by atoms with Crippen molar-refractivity contribution in [2.75, 3.05) is 21.2 Å². The van der Waals surface area contributed by atoms with E-state index in [9.17, 15) is 4.79 Å². The summed E-state index contributed by atoms with van der Waals surface area (Å²) in [6, 6.07) is 17.4. The molecule has 178 valence electrons. The summed E-state index contributed by atoms with van der Waals surface area (Å²) in [6.07, 6.45) is 0. The Labute approximate surface area is 201 Å². The number of carbonyl (C=O) groups excluding carboxylic acids is 1. The van der Waals surface area contributed by atoms with Gasteiger partial charge in [-0.05, 0) is 62.3 Å². The molecule has 1 heterocycles. The van der Waals surface area contributed by atoms with Gasteiger partial charge in [0, 0.05) is 19.5 Å². The number of hydrogen-bond donors (Lipinski definition) is 0. The van der Waals surface area contributed by atoms with Gasteiger partial charge in [-0.2, -0.15) is 0 Å². The second-order valence-corrected chi connectivity index (χ2v) is 9.81. The van der Waals surface area contributed by atoms with Crippen molar-refractivity contribution in [2.24, 2.45) is 0 Å². The predicted molar refractivity (Wildman–Crippen MR) is 135 cm³/mol. The van der Waals surface area contributed by atoms with Gasteiger partial charge in [-0.25, -0.2) is 0 Å². The lowest BCUT2D eigenvalue weighted by atomic mass is 9.75. The molecule has 1 fully saturated rings. The van der Waals surface area contributed by atoms with Crippen molar-refractivity contribution in [3.8, 4) is 11.5 Å². The van der Waals surface area contributed by atoms with Crippen molar-refractivity contribution in [3.63, 3.8) is 0 Å². The minimum absolute atomic E-state index is 0.145. The third-order valence-corrected chi connectivity index (χ3v) is 6.71. The highest BCUT2D eigenvalue weighted by molar-refractivity contribution is 6.65. The molecule has 1 saturated heterocycles. The molecule has 4 rings (SSSR count). The highest BCUT2D eigenvalue weighted by Crippen LogP contribution is 2.38. The van der Waals surface area contributed by atoms with Gasteiger partial charge in [-0.3, -0.25) is 4.79 Å². The van der Waals surface area contributed by atoms with E-state index in [4.69, 9.17) is 18.8 Å². The zero-order chi connectivity index (χ0) is 24.7. The minimum atomic E-state index is -0.598. The third kappa shape index (κ3) is 4.38. The molecule has 3 aromatic rings. The highest BCUT2D eigenvalue weighted by Gasteiger charge is 2.52. The molecule has 0 atom stereocenters. The summed E-state index contributed by atoms with van der Waals surface area (Å²) in [5, 5.41) is 1.77. The van der Waals surface area contributed by atoms with E-state index in [0.717, 1.165) is 27.5 Å². The van der Waals surface area contributed by atoms with E-state index in [2.05, 4.69) is 0 Å². The summed E-state index contributed by atoms with van der Waals surface area (Å²) >= 11 is 0. The third-order valence-electron chi connectivity index (χ3n) is 6.71. The zero-order valence-electron chi connectivity index (χ0n) is 21.0. The molecule has 0 aromatic heterocycles. The Bertz CT molecular complexity index is 1190. The molecule has 0 N–H and O–H groups in total. The fraction of sp³-hybridized carbons (Fsp3) is 0.370. The summed E-state index contributed by atoms with van der Waals surface area (Å²) in [7, 11) is 4.51. The van der Waals surface area contributed by atoms with Crippen molar-refractivity contribution in [2.45, 2.75) is 45.5 Å². The molecule has 1 aliphatic rings. The van der Waals surface area contributed by atoms with Crippen LogP contribution in [-0.4, -0.2) is 50.3 Å². The number of amides is 1. The first-order valence-electron chi connectivity index (χ1n) is 11.4. The second-order valence-electron chi connectivity index (χ2n) is 9.81. The van der Waals surface area contributed by atoms with E-state index in [0.29, 0.717) is 17.9 Å². The van der Waals surface area contributed by atoms with Crippen LogP contribution in [-0.2, 0) is 15.9 Å². The lowest BCUT2D eigenvalue weighted by Gasteiger charge is -2.32. The van der Waals surface area contributed by atoms with Gasteiger partial charge in [-0.1, -0.05) is 36.4 Å². The molecule has 0 bridgehead atoms. The van der Waals surface area contributed by atoms with Crippen LogP contribution in [0.15, 0.2) is 54.6 Å². The van der Waals surface area contributed by atoms with E-state index >= 15 is 0 Å². The maximum atomic E-state index is 13.3. The number of hydrogen-bond acceptors (Lipinski definition) is 5. The molecule has 1 aliphatic heterocycles. The van der Waals surface area contributed by atoms with Crippen LogP contribution in [0.3, 0.4) is 0 Å². The molecule has 0 radical (unpaired) electrons. The average molecular weight is 461 g/mol. The van der Waals surface area contributed by atoms with Gasteiger partial charge in [0.1, 0.15) is 18.1 Å². The van der Waals surface area contributed by atoms with Crippen LogP contribution in [0.5, 0.6) is 11.5 Å². The van der Waals surface area contributed by atoms with Crippen molar-refractivity contribution < 1.29 is 23.6 Å². The molecular formula is C27H32BNO5. The topological polar surface area (TPSA) is 57.2 Å². The number of rotatable bonds is 6. The standard InChI is InChI=1S/C27H32BNO5/c1-26(2)27(3,4)34-28(33-26)23-16-22(25(30)29(5)6)24(21-11-9-8-10-20(21)23)32-17-18-12-14-19(31-7)15-13-18/h8-16H,17H2,1-7H3. The van der Waals surface area contributed by atoms with Crippen LogP contribution in [0.2, 0.25) is 0 Å². The van der Waals surface area contributed by atoms with Gasteiger partial charge in [0.2, 0.25) is 0 Å². The van der Waals surface area contributed by atoms with Crippen LogP contribution in [0.4, 0.5) is 0 Å². The van der Waals surface area contributed by atoms with E-state index in [1.807, 2.05) is 82.3 Å². The summed E-state index contributed by atoms with van der Waals surface area (Å²) in [5.74, 6) is 1.18. The molecule has 7 heteroatoms. The summed E-state index contributed by atoms with van der Waals surface area (Å²) in [4.78, 5) is 14.8. The Morgan fingerprint density at radius 1 is 0.941 bits per heavy atom. The molecular weight excluding hydrogens is 429 g/mol. The Morgan fingerprint density at radius 3 is 2.09 bits per heavy atom. The number of fused-ring (bicyclic) bond motifs is 1. The number of methoxy groups -OCH3 is 1. The minimum Gasteiger partial charge on any atom is -0.497 e. The lowest BCUT2D eigenvalue weighted by molar-refractivity contribution is 0.00578. The SMILES string of the molecule is COc1ccc(COc2c(C(=O)N(C)C)cc(B3OC(C)(C)C(C)(C)O3)c3ccccc23)cc1. The maximum absolute atomic E-state index is 13.3. The summed E-state index contributed by atoms with van der Waals surface area (Å²) in [6.45, 7) is 8.40. The van der Waals surface area contributed by atoms with Gasteiger partial charge in [-0.15, -0.1) is 0 Å². The molecule has 0 aliphatic carbocycles. The number of ether oxygens (including phenoxy) is 2. The van der Waals surface area contributed by atoms with E-state index in [1.54, 1.807) is 26.1 Å². The number of carbonyl (C=O) groups is 1. The first kappa shape index (κ1) is 24.1. The highest BCUT2D eigenvalue weighted by atomic mass is 16.7. The van der Waals surface area contributed by atoms with Crippen LogP contribution in [0.25, 0.3) is 10.8 Å². The maximum Gasteiger partial charge on any atom is 0.495 e. The Hall–Kier alpha value is -3.03. The van der Waals surface area contributed by atoms with Crippen molar-refractivity contribution in [3.05, 3.63) is 65.7 Å². The zero-order valence-corrected chi connectivity index (χ0v) is 21.0. The number of nitrogens with zero attached hydrogens (tertiary/aromatic N) is 1. The van der Waals surface area contributed by atoms with Crippen LogP contribution >= 0.6 is 0 Å². The second kappa shape index (κ2) is 8.97. The molecule has 34 heavy (non-hydrogen) atoms. The number of benzene rings is 3. The van der Waals surface area contributed by atoms with Crippen molar-refractivity contribution >= 4 is 29.3 Å². The van der Waals surface area contributed by atoms with E-state index in [1.165, 1.54) is 0 Å². The monoisotopic (exact) mass is 461 g/mol. The Morgan fingerprint density at radius 2 is 1.53 bits per heavy atom. The quantitative estimate of drug-likeness (QED) is 0.509. The smallest absolute Gasteiger partial charge is 0.495 e. The first-order chi connectivity index (χ1) is 16.0. The molecule has 0 spiro atoms. The molecule has 0 unspecified atom stereocenters. The fourth-order valence-corrected chi connectivity index (χ4v) is 3.97. The molecule has 6 nitrogen and oxygen atoms in total. The normalized spacial score (nSPS) is 16.5. The summed E-state index contributed by atoms with van der Waals surface area (Å²) < 4.78 is 24.2. The lowest BCUT2D eigenvalue weighted by Crippen LogP contribution is -2.41. The van der Waals surface area contributed by atoms with Crippen LogP contribution in [0.1, 0.15) is 43.6 Å². The van der Waals surface area contributed by atoms with Gasteiger partial charge >= 0.3 is 7.12 Å². The Balaban J connectivity index is 1.81. The molecule has 0 saturated carbocycles. The van der Waals surface area contributed by atoms with Crippen molar-refractivity contribution in [1.82, 2.24) is 4.90 Å². The largest absolute Gasteiger partial charge is 0.497 e.